The van der Waals surface area contributed by atoms with Crippen molar-refractivity contribution in [3.8, 4) is 0 Å². The molecule has 0 radical (unpaired) electrons. The fourth-order valence-electron chi connectivity index (χ4n) is 1.29. The summed E-state index contributed by atoms with van der Waals surface area (Å²) in [6.45, 7) is 1.74. The summed E-state index contributed by atoms with van der Waals surface area (Å²) in [5, 5.41) is 8.36. The maximum atomic E-state index is 11.7. The molecule has 2 amide bonds. The van der Waals surface area contributed by atoms with Crippen LogP contribution < -0.4 is 16.0 Å². The molecule has 6 heteroatoms. The van der Waals surface area contributed by atoms with Crippen LogP contribution in [0.4, 0.5) is 5.69 Å². The number of nitrogens with one attached hydrogen (secondary N) is 3. The SMILES string of the molecule is CNC(=O)c1cc(NC(=O)C(C)NC)ccc1Cl. The Labute approximate surface area is 111 Å². The summed E-state index contributed by atoms with van der Waals surface area (Å²) >= 11 is 5.91. The minimum Gasteiger partial charge on any atom is -0.355 e. The van der Waals surface area contributed by atoms with Gasteiger partial charge in [0.15, 0.2) is 0 Å². The number of hydrogen-bond donors (Lipinski definition) is 3. The lowest BCUT2D eigenvalue weighted by atomic mass is 10.1. The number of likely N-dealkylation sites (N-methyl/N-ethyl adjacent to an activating group) is 1. The van der Waals surface area contributed by atoms with Crippen molar-refractivity contribution in [3.63, 3.8) is 0 Å². The lowest BCUT2D eigenvalue weighted by molar-refractivity contribution is -0.117. The summed E-state index contributed by atoms with van der Waals surface area (Å²) in [5.74, 6) is -0.472. The van der Waals surface area contributed by atoms with Crippen molar-refractivity contribution in [2.24, 2.45) is 0 Å². The summed E-state index contributed by atoms with van der Waals surface area (Å²) < 4.78 is 0. The van der Waals surface area contributed by atoms with E-state index in [2.05, 4.69) is 16.0 Å². The van der Waals surface area contributed by atoms with Crippen LogP contribution in [0.25, 0.3) is 0 Å². The molecule has 0 aliphatic carbocycles. The van der Waals surface area contributed by atoms with Crippen LogP contribution in [0.1, 0.15) is 17.3 Å². The Morgan fingerprint density at radius 3 is 2.50 bits per heavy atom. The summed E-state index contributed by atoms with van der Waals surface area (Å²) in [6.07, 6.45) is 0. The molecular weight excluding hydrogens is 254 g/mol. The third kappa shape index (κ3) is 3.45. The van der Waals surface area contributed by atoms with Gasteiger partial charge in [0.2, 0.25) is 5.91 Å². The van der Waals surface area contributed by atoms with E-state index in [1.165, 1.54) is 7.05 Å². The molecule has 0 saturated heterocycles. The van der Waals surface area contributed by atoms with Gasteiger partial charge in [-0.3, -0.25) is 9.59 Å². The van der Waals surface area contributed by atoms with Gasteiger partial charge in [-0.2, -0.15) is 0 Å². The Morgan fingerprint density at radius 2 is 1.94 bits per heavy atom. The number of carbonyl (C=O) groups is 2. The third-order valence-corrected chi connectivity index (χ3v) is 2.86. The summed E-state index contributed by atoms with van der Waals surface area (Å²) in [6, 6.07) is 4.45. The van der Waals surface area contributed by atoms with E-state index in [1.54, 1.807) is 32.2 Å². The van der Waals surface area contributed by atoms with Gasteiger partial charge in [0.25, 0.3) is 5.91 Å². The van der Waals surface area contributed by atoms with E-state index < -0.39 is 0 Å². The van der Waals surface area contributed by atoms with Crippen LogP contribution in [-0.2, 0) is 4.79 Å². The highest BCUT2D eigenvalue weighted by molar-refractivity contribution is 6.34. The maximum absolute atomic E-state index is 11.7. The van der Waals surface area contributed by atoms with Gasteiger partial charge >= 0.3 is 0 Å². The molecule has 3 N–H and O–H groups in total. The average molecular weight is 270 g/mol. The molecular formula is C12H16ClN3O2. The standard InChI is InChI=1S/C12H16ClN3O2/c1-7(14-2)11(17)16-8-4-5-10(13)9(6-8)12(18)15-3/h4-7,14H,1-3H3,(H,15,18)(H,16,17). The average Bonchev–Trinajstić information content (AvgIpc) is 2.38. The first-order valence-electron chi connectivity index (χ1n) is 5.49. The molecule has 0 heterocycles. The van der Waals surface area contributed by atoms with Gasteiger partial charge in [0, 0.05) is 12.7 Å². The van der Waals surface area contributed by atoms with E-state index in [1.807, 2.05) is 0 Å². The van der Waals surface area contributed by atoms with Crippen molar-refractivity contribution < 1.29 is 9.59 Å². The molecule has 0 aromatic heterocycles. The number of rotatable bonds is 4. The number of halogens is 1. The molecule has 1 aromatic carbocycles. The first-order chi connectivity index (χ1) is 8.49. The fraction of sp³-hybridized carbons (Fsp3) is 0.333. The summed E-state index contributed by atoms with van der Waals surface area (Å²) in [4.78, 5) is 23.2. The van der Waals surface area contributed by atoms with E-state index in [0.717, 1.165) is 0 Å². The molecule has 0 saturated carbocycles. The molecule has 98 valence electrons. The van der Waals surface area contributed by atoms with Crippen LogP contribution in [0.15, 0.2) is 18.2 Å². The lowest BCUT2D eigenvalue weighted by Gasteiger charge is -2.12. The quantitative estimate of drug-likeness (QED) is 0.770. The Hall–Kier alpha value is -1.59. The first-order valence-corrected chi connectivity index (χ1v) is 5.87. The van der Waals surface area contributed by atoms with Crippen molar-refractivity contribution in [2.75, 3.05) is 19.4 Å². The van der Waals surface area contributed by atoms with Gasteiger partial charge in [-0.25, -0.2) is 0 Å². The molecule has 0 aliphatic heterocycles. The summed E-state index contributed by atoms with van der Waals surface area (Å²) in [7, 11) is 3.22. The van der Waals surface area contributed by atoms with E-state index in [4.69, 9.17) is 11.6 Å². The highest BCUT2D eigenvalue weighted by atomic mass is 35.5. The Morgan fingerprint density at radius 1 is 1.28 bits per heavy atom. The zero-order valence-electron chi connectivity index (χ0n) is 10.5. The maximum Gasteiger partial charge on any atom is 0.252 e. The van der Waals surface area contributed by atoms with Crippen LogP contribution >= 0.6 is 11.6 Å². The smallest absolute Gasteiger partial charge is 0.252 e. The number of anilines is 1. The molecule has 1 aromatic rings. The molecule has 0 spiro atoms. The van der Waals surface area contributed by atoms with Crippen molar-refractivity contribution in [1.82, 2.24) is 10.6 Å². The summed E-state index contributed by atoms with van der Waals surface area (Å²) in [5.41, 5.74) is 0.860. The van der Waals surface area contributed by atoms with Gasteiger partial charge in [-0.05, 0) is 32.2 Å². The van der Waals surface area contributed by atoms with Gasteiger partial charge in [-0.15, -0.1) is 0 Å². The number of carbonyl (C=O) groups excluding carboxylic acids is 2. The monoisotopic (exact) mass is 269 g/mol. The topological polar surface area (TPSA) is 70.2 Å². The van der Waals surface area contributed by atoms with Crippen LogP contribution in [0.3, 0.4) is 0 Å². The molecule has 0 aliphatic rings. The second-order valence-electron chi connectivity index (χ2n) is 3.77. The van der Waals surface area contributed by atoms with Crippen LogP contribution in [0.5, 0.6) is 0 Å². The predicted octanol–water partition coefficient (Wildman–Crippen LogP) is 1.25. The Balaban J connectivity index is 2.92. The molecule has 1 unspecified atom stereocenters. The van der Waals surface area contributed by atoms with E-state index in [9.17, 15) is 9.59 Å². The lowest BCUT2D eigenvalue weighted by Crippen LogP contribution is -2.35. The fourth-order valence-corrected chi connectivity index (χ4v) is 1.50. The second-order valence-corrected chi connectivity index (χ2v) is 4.18. The highest BCUT2D eigenvalue weighted by Crippen LogP contribution is 2.20. The van der Waals surface area contributed by atoms with Gasteiger partial charge < -0.3 is 16.0 Å². The molecule has 1 rings (SSSR count). The Kier molecular flexibility index (Phi) is 5.12. The van der Waals surface area contributed by atoms with Crippen LogP contribution in [-0.4, -0.2) is 32.0 Å². The molecule has 1 atom stereocenters. The largest absolute Gasteiger partial charge is 0.355 e. The predicted molar refractivity (Wildman–Crippen MR) is 72.0 cm³/mol. The molecule has 5 nitrogen and oxygen atoms in total. The highest BCUT2D eigenvalue weighted by Gasteiger charge is 2.13. The van der Waals surface area contributed by atoms with Crippen LogP contribution in [0.2, 0.25) is 5.02 Å². The van der Waals surface area contributed by atoms with E-state index >= 15 is 0 Å². The zero-order chi connectivity index (χ0) is 13.7. The van der Waals surface area contributed by atoms with Crippen molar-refractivity contribution >= 4 is 29.1 Å². The minimum atomic E-state index is -0.316. The Bertz CT molecular complexity index is 463. The van der Waals surface area contributed by atoms with Gasteiger partial charge in [0.1, 0.15) is 0 Å². The van der Waals surface area contributed by atoms with Gasteiger partial charge in [-0.1, -0.05) is 11.6 Å². The zero-order valence-corrected chi connectivity index (χ0v) is 11.3. The molecule has 18 heavy (non-hydrogen) atoms. The van der Waals surface area contributed by atoms with Crippen LogP contribution in [0, 0.1) is 0 Å². The van der Waals surface area contributed by atoms with Gasteiger partial charge in [0.05, 0.1) is 16.6 Å². The molecule has 0 fully saturated rings. The van der Waals surface area contributed by atoms with E-state index in [-0.39, 0.29) is 17.9 Å². The van der Waals surface area contributed by atoms with Crippen molar-refractivity contribution in [1.29, 1.82) is 0 Å². The van der Waals surface area contributed by atoms with Crippen molar-refractivity contribution in [2.45, 2.75) is 13.0 Å². The first kappa shape index (κ1) is 14.5. The number of hydrogen-bond acceptors (Lipinski definition) is 3. The second kappa shape index (κ2) is 6.37. The number of amides is 2. The van der Waals surface area contributed by atoms with Crippen molar-refractivity contribution in [3.05, 3.63) is 28.8 Å². The normalized spacial score (nSPS) is 11.8. The van der Waals surface area contributed by atoms with E-state index in [0.29, 0.717) is 16.3 Å². The minimum absolute atomic E-state index is 0.178. The molecule has 0 bridgehead atoms. The number of benzene rings is 1. The third-order valence-electron chi connectivity index (χ3n) is 2.53.